The second-order valence-corrected chi connectivity index (χ2v) is 5.86. The van der Waals surface area contributed by atoms with Gasteiger partial charge in [0.25, 0.3) is 5.56 Å². The summed E-state index contributed by atoms with van der Waals surface area (Å²) in [6.45, 7) is 5.32. The minimum Gasteiger partial charge on any atom is -0.396 e. The van der Waals surface area contributed by atoms with Crippen LogP contribution in [0.25, 0.3) is 0 Å². The van der Waals surface area contributed by atoms with E-state index in [9.17, 15) is 9.90 Å². The lowest BCUT2D eigenvalue weighted by Gasteiger charge is -2.22. The van der Waals surface area contributed by atoms with E-state index in [1.54, 1.807) is 13.3 Å². The van der Waals surface area contributed by atoms with Gasteiger partial charge in [-0.25, -0.2) is 4.68 Å². The molecule has 6 nitrogen and oxygen atoms in total. The lowest BCUT2D eigenvalue weighted by molar-refractivity contribution is 0.170. The second-order valence-electron chi connectivity index (χ2n) is 5.07. The predicted octanol–water partition coefficient (Wildman–Crippen LogP) is 1.08. The van der Waals surface area contributed by atoms with Crippen molar-refractivity contribution in [1.82, 2.24) is 9.78 Å². The summed E-state index contributed by atoms with van der Waals surface area (Å²) in [4.78, 5) is 12.0. The van der Waals surface area contributed by atoms with E-state index in [1.165, 1.54) is 4.68 Å². The molecule has 0 saturated heterocycles. The second kappa shape index (κ2) is 7.02. The molecule has 0 radical (unpaired) electrons. The largest absolute Gasteiger partial charge is 0.396 e. The molecular formula is C12H20BrN3O3. The average molecular weight is 334 g/mol. The van der Waals surface area contributed by atoms with E-state index >= 15 is 0 Å². The number of anilines is 1. The first-order valence-corrected chi connectivity index (χ1v) is 6.80. The summed E-state index contributed by atoms with van der Waals surface area (Å²) in [5.41, 5.74) is 0.161. The highest BCUT2D eigenvalue weighted by Gasteiger charge is 2.17. The zero-order chi connectivity index (χ0) is 14.5. The molecule has 7 heteroatoms. The zero-order valence-corrected chi connectivity index (χ0v) is 13.0. The van der Waals surface area contributed by atoms with Crippen LogP contribution < -0.4 is 10.9 Å². The Balaban J connectivity index is 2.82. The Kier molecular flexibility index (Phi) is 5.96. The van der Waals surface area contributed by atoms with Crippen molar-refractivity contribution in [3.05, 3.63) is 21.0 Å². The number of aliphatic hydroxyl groups excluding tert-OH is 1. The molecule has 0 atom stereocenters. The number of aromatic nitrogens is 2. The zero-order valence-electron chi connectivity index (χ0n) is 11.4. The number of halogens is 1. The number of hydrogen-bond acceptors (Lipinski definition) is 5. The molecule has 1 rings (SSSR count). The number of nitrogens with zero attached hydrogens (tertiary/aromatic N) is 2. The third-order valence-corrected chi connectivity index (χ3v) is 3.44. The monoisotopic (exact) mass is 333 g/mol. The third-order valence-electron chi connectivity index (χ3n) is 2.68. The van der Waals surface area contributed by atoms with Crippen molar-refractivity contribution >= 4 is 21.6 Å². The van der Waals surface area contributed by atoms with Crippen LogP contribution >= 0.6 is 15.9 Å². The van der Waals surface area contributed by atoms with Gasteiger partial charge in [-0.15, -0.1) is 0 Å². The van der Waals surface area contributed by atoms with Gasteiger partial charge in [0, 0.05) is 25.7 Å². The molecule has 0 aliphatic carbocycles. The third kappa shape index (κ3) is 4.59. The van der Waals surface area contributed by atoms with Gasteiger partial charge >= 0.3 is 0 Å². The summed E-state index contributed by atoms with van der Waals surface area (Å²) in [7, 11) is 1.58. The molecule has 0 amide bonds. The fourth-order valence-corrected chi connectivity index (χ4v) is 1.76. The Labute approximate surface area is 120 Å². The predicted molar refractivity (Wildman–Crippen MR) is 77.4 cm³/mol. The highest BCUT2D eigenvalue weighted by atomic mass is 79.9. The standard InChI is InChI=1S/C12H20BrN3O3/c1-12(2,8-17)7-14-9-6-15-16(4-5-19-3)11(18)10(9)13/h6,14,17H,4-5,7-8H2,1-3H3. The molecule has 0 aliphatic heterocycles. The van der Waals surface area contributed by atoms with E-state index in [4.69, 9.17) is 4.74 Å². The van der Waals surface area contributed by atoms with Gasteiger partial charge in [0.2, 0.25) is 0 Å². The molecule has 1 aromatic rings. The summed E-state index contributed by atoms with van der Waals surface area (Å²) in [6, 6.07) is 0. The van der Waals surface area contributed by atoms with Crippen LogP contribution in [0.15, 0.2) is 15.5 Å². The highest BCUT2D eigenvalue weighted by Crippen LogP contribution is 2.20. The van der Waals surface area contributed by atoms with Crippen LogP contribution in [0.2, 0.25) is 0 Å². The maximum atomic E-state index is 12.0. The van der Waals surface area contributed by atoms with Crippen LogP contribution in [-0.4, -0.2) is 41.8 Å². The molecule has 108 valence electrons. The van der Waals surface area contributed by atoms with E-state index in [1.807, 2.05) is 13.8 Å². The molecule has 1 aromatic heterocycles. The topological polar surface area (TPSA) is 76.4 Å². The minimum atomic E-state index is -0.260. The summed E-state index contributed by atoms with van der Waals surface area (Å²) in [6.07, 6.45) is 1.59. The first-order valence-electron chi connectivity index (χ1n) is 6.00. The van der Waals surface area contributed by atoms with Crippen molar-refractivity contribution in [3.63, 3.8) is 0 Å². The Hall–Kier alpha value is -0.920. The highest BCUT2D eigenvalue weighted by molar-refractivity contribution is 9.10. The van der Waals surface area contributed by atoms with Gasteiger partial charge in [-0.1, -0.05) is 13.8 Å². The smallest absolute Gasteiger partial charge is 0.283 e. The normalized spacial score (nSPS) is 11.6. The van der Waals surface area contributed by atoms with Crippen molar-refractivity contribution in [1.29, 1.82) is 0 Å². The van der Waals surface area contributed by atoms with Crippen LogP contribution in [0.4, 0.5) is 5.69 Å². The quantitative estimate of drug-likeness (QED) is 0.780. The van der Waals surface area contributed by atoms with Gasteiger partial charge in [-0.3, -0.25) is 4.79 Å². The lowest BCUT2D eigenvalue weighted by Crippen LogP contribution is -2.29. The van der Waals surface area contributed by atoms with Crippen LogP contribution in [-0.2, 0) is 11.3 Å². The van der Waals surface area contributed by atoms with Gasteiger partial charge < -0.3 is 15.2 Å². The number of methoxy groups -OCH3 is 1. The van der Waals surface area contributed by atoms with Crippen molar-refractivity contribution in [2.45, 2.75) is 20.4 Å². The Morgan fingerprint density at radius 1 is 1.58 bits per heavy atom. The summed E-state index contributed by atoms with van der Waals surface area (Å²) in [5.74, 6) is 0. The molecule has 19 heavy (non-hydrogen) atoms. The molecule has 0 spiro atoms. The fraction of sp³-hybridized carbons (Fsp3) is 0.667. The summed E-state index contributed by atoms with van der Waals surface area (Å²) < 4.78 is 6.70. The first kappa shape index (κ1) is 16.1. The fourth-order valence-electron chi connectivity index (χ4n) is 1.32. The Morgan fingerprint density at radius 2 is 2.26 bits per heavy atom. The van der Waals surface area contributed by atoms with Crippen LogP contribution in [0.5, 0.6) is 0 Å². The molecule has 0 fully saturated rings. The van der Waals surface area contributed by atoms with E-state index in [0.717, 1.165) is 0 Å². The van der Waals surface area contributed by atoms with Crippen LogP contribution in [0, 0.1) is 5.41 Å². The number of hydrogen-bond donors (Lipinski definition) is 2. The molecule has 0 unspecified atom stereocenters. The number of nitrogens with one attached hydrogen (secondary N) is 1. The Bertz CT molecular complexity index is 474. The van der Waals surface area contributed by atoms with Crippen molar-refractivity contribution in [2.75, 3.05) is 32.2 Å². The van der Waals surface area contributed by atoms with E-state index in [2.05, 4.69) is 26.3 Å². The SMILES string of the molecule is COCCn1ncc(NCC(C)(C)CO)c(Br)c1=O. The Morgan fingerprint density at radius 3 is 2.84 bits per heavy atom. The van der Waals surface area contributed by atoms with Crippen LogP contribution in [0.3, 0.4) is 0 Å². The maximum absolute atomic E-state index is 12.0. The number of aliphatic hydroxyl groups is 1. The molecule has 0 aromatic carbocycles. The summed E-state index contributed by atoms with van der Waals surface area (Å²) >= 11 is 3.27. The molecule has 1 heterocycles. The maximum Gasteiger partial charge on any atom is 0.283 e. The number of rotatable bonds is 7. The minimum absolute atomic E-state index is 0.0654. The van der Waals surface area contributed by atoms with Crippen molar-refractivity contribution < 1.29 is 9.84 Å². The van der Waals surface area contributed by atoms with Gasteiger partial charge in [-0.05, 0) is 15.9 Å². The van der Waals surface area contributed by atoms with E-state index in [-0.39, 0.29) is 17.6 Å². The van der Waals surface area contributed by atoms with E-state index < -0.39 is 0 Å². The van der Waals surface area contributed by atoms with Crippen molar-refractivity contribution in [3.8, 4) is 0 Å². The van der Waals surface area contributed by atoms with Crippen molar-refractivity contribution in [2.24, 2.45) is 5.41 Å². The molecule has 0 aliphatic rings. The van der Waals surface area contributed by atoms with Gasteiger partial charge in [0.05, 0.1) is 25.0 Å². The molecular weight excluding hydrogens is 314 g/mol. The van der Waals surface area contributed by atoms with Gasteiger partial charge in [0.15, 0.2) is 0 Å². The van der Waals surface area contributed by atoms with E-state index in [0.29, 0.717) is 29.9 Å². The summed E-state index contributed by atoms with van der Waals surface area (Å²) in [5, 5.41) is 16.4. The molecule has 2 N–H and O–H groups in total. The first-order chi connectivity index (χ1) is 8.91. The lowest BCUT2D eigenvalue weighted by atomic mass is 9.95. The molecule has 0 saturated carbocycles. The number of ether oxygens (including phenoxy) is 1. The van der Waals surface area contributed by atoms with Gasteiger partial charge in [0.1, 0.15) is 4.47 Å². The average Bonchev–Trinajstić information content (AvgIpc) is 2.39. The van der Waals surface area contributed by atoms with Gasteiger partial charge in [-0.2, -0.15) is 5.10 Å². The molecule has 0 bridgehead atoms. The van der Waals surface area contributed by atoms with Crippen LogP contribution in [0.1, 0.15) is 13.8 Å².